The van der Waals surface area contributed by atoms with Crippen LogP contribution in [0.4, 0.5) is 0 Å². The van der Waals surface area contributed by atoms with Crippen LogP contribution in [0.2, 0.25) is 0 Å². The zero-order valence-electron chi connectivity index (χ0n) is 7.87. The van der Waals surface area contributed by atoms with Gasteiger partial charge in [-0.2, -0.15) is 5.10 Å². The van der Waals surface area contributed by atoms with Crippen molar-refractivity contribution in [1.82, 2.24) is 0 Å². The van der Waals surface area contributed by atoms with E-state index < -0.39 is 11.8 Å². The van der Waals surface area contributed by atoms with Crippen LogP contribution < -0.4 is 5.84 Å². The normalized spacial score (nSPS) is 11.1. The van der Waals surface area contributed by atoms with Crippen molar-refractivity contribution in [3.63, 3.8) is 0 Å². The summed E-state index contributed by atoms with van der Waals surface area (Å²) in [4.78, 5) is 22.1. The molecule has 2 N–H and O–H groups in total. The third-order valence-corrected chi connectivity index (χ3v) is 1.37. The number of hydrogen-bond acceptors (Lipinski definition) is 5. The molecule has 0 amide bonds. The Morgan fingerprint density at radius 1 is 1.38 bits per heavy atom. The van der Waals surface area contributed by atoms with E-state index in [0.717, 1.165) is 0 Å². The maximum absolute atomic E-state index is 11.2. The molecule has 74 valence electrons. The Morgan fingerprint density at radius 3 is 2.38 bits per heavy atom. The van der Waals surface area contributed by atoms with Crippen molar-refractivity contribution in [1.29, 1.82) is 0 Å². The van der Waals surface area contributed by atoms with Crippen molar-refractivity contribution in [2.24, 2.45) is 10.9 Å². The molecule has 0 aromatic rings. The summed E-state index contributed by atoms with van der Waals surface area (Å²) in [5.74, 6) is 3.32. The first kappa shape index (κ1) is 11.6. The van der Waals surface area contributed by atoms with E-state index in [4.69, 9.17) is 5.84 Å². The summed E-state index contributed by atoms with van der Waals surface area (Å²) in [5, 5.41) is 3.25. The molecule has 0 aliphatic heterocycles. The molecule has 0 heterocycles. The minimum atomic E-state index is -0.889. The highest BCUT2D eigenvalue weighted by Gasteiger charge is 2.20. The molecule has 0 radical (unpaired) electrons. The highest BCUT2D eigenvalue weighted by Crippen LogP contribution is 1.95. The minimum Gasteiger partial charge on any atom is -0.460 e. The number of hydrazone groups is 1. The van der Waals surface area contributed by atoms with Gasteiger partial charge in [0.25, 0.3) is 5.78 Å². The van der Waals surface area contributed by atoms with Crippen LogP contribution >= 0.6 is 0 Å². The molecule has 0 aromatic heterocycles. The fraction of sp³-hybridized carbons (Fsp3) is 0.625. The number of nitrogens with zero attached hydrogens (tertiary/aromatic N) is 1. The minimum absolute atomic E-state index is 0.0703. The standard InChI is InChI=1S/C8H14N2O3/c1-3-5-6(10-9)7(11)8(12)13-4-2/h3-5,9H2,1-2H3. The first-order valence-corrected chi connectivity index (χ1v) is 4.15. The van der Waals surface area contributed by atoms with Gasteiger partial charge in [-0.05, 0) is 13.3 Å². The number of Topliss-reactive ketones (excluding diaryl/α,β-unsaturated/α-hetero) is 1. The number of carbonyl (C=O) groups excluding carboxylic acids is 2. The zero-order valence-corrected chi connectivity index (χ0v) is 7.87. The lowest BCUT2D eigenvalue weighted by Crippen LogP contribution is -2.27. The number of rotatable bonds is 5. The first-order chi connectivity index (χ1) is 6.17. The molecule has 0 bridgehead atoms. The SMILES string of the molecule is CCCC(=NN)C(=O)C(=O)OCC. The predicted molar refractivity (Wildman–Crippen MR) is 48.2 cm³/mol. The average molecular weight is 186 g/mol. The summed E-state index contributed by atoms with van der Waals surface area (Å²) < 4.78 is 4.51. The number of hydrogen-bond donors (Lipinski definition) is 1. The van der Waals surface area contributed by atoms with Crippen molar-refractivity contribution in [3.8, 4) is 0 Å². The smallest absolute Gasteiger partial charge is 0.381 e. The molecule has 0 aliphatic carbocycles. The Hall–Kier alpha value is -1.39. The third kappa shape index (κ3) is 3.68. The van der Waals surface area contributed by atoms with Gasteiger partial charge in [-0.1, -0.05) is 13.3 Å². The predicted octanol–water partition coefficient (Wildman–Crippen LogP) is 0.233. The molecule has 13 heavy (non-hydrogen) atoms. The van der Waals surface area contributed by atoms with Gasteiger partial charge in [-0.25, -0.2) is 4.79 Å². The van der Waals surface area contributed by atoms with E-state index in [2.05, 4.69) is 9.84 Å². The molecule has 0 rings (SSSR count). The number of ketones is 1. The van der Waals surface area contributed by atoms with E-state index >= 15 is 0 Å². The molecular weight excluding hydrogens is 172 g/mol. The molecule has 0 fully saturated rings. The van der Waals surface area contributed by atoms with E-state index in [0.29, 0.717) is 12.8 Å². The van der Waals surface area contributed by atoms with Gasteiger partial charge in [0.15, 0.2) is 0 Å². The largest absolute Gasteiger partial charge is 0.460 e. The van der Waals surface area contributed by atoms with Crippen LogP contribution in [0.5, 0.6) is 0 Å². The van der Waals surface area contributed by atoms with E-state index in [9.17, 15) is 9.59 Å². The van der Waals surface area contributed by atoms with E-state index in [1.165, 1.54) is 0 Å². The summed E-state index contributed by atoms with van der Waals surface area (Å²) in [5.41, 5.74) is 0.0703. The molecule has 0 atom stereocenters. The second-order valence-electron chi connectivity index (χ2n) is 2.38. The van der Waals surface area contributed by atoms with Crippen LogP contribution in [0.25, 0.3) is 0 Å². The maximum atomic E-state index is 11.2. The molecule has 0 aromatic carbocycles. The molecule has 0 saturated heterocycles. The highest BCUT2D eigenvalue weighted by atomic mass is 16.5. The monoisotopic (exact) mass is 186 g/mol. The first-order valence-electron chi connectivity index (χ1n) is 4.15. The summed E-state index contributed by atoms with van der Waals surface area (Å²) in [6.07, 6.45) is 1.11. The van der Waals surface area contributed by atoms with Gasteiger partial charge in [0, 0.05) is 0 Å². The fourth-order valence-electron chi connectivity index (χ4n) is 0.788. The number of carbonyl (C=O) groups is 2. The summed E-state index contributed by atoms with van der Waals surface area (Å²) in [7, 11) is 0. The van der Waals surface area contributed by atoms with Crippen LogP contribution in [0, 0.1) is 0 Å². The van der Waals surface area contributed by atoms with Gasteiger partial charge in [0.1, 0.15) is 5.71 Å². The van der Waals surface area contributed by atoms with Crippen LogP contribution in [-0.2, 0) is 14.3 Å². The molecule has 5 nitrogen and oxygen atoms in total. The van der Waals surface area contributed by atoms with E-state index in [1.54, 1.807) is 6.92 Å². The number of nitrogens with two attached hydrogens (primary N) is 1. The summed E-state index contributed by atoms with van der Waals surface area (Å²) in [6, 6.07) is 0. The molecule has 0 saturated carbocycles. The van der Waals surface area contributed by atoms with Crippen molar-refractivity contribution < 1.29 is 14.3 Å². The van der Waals surface area contributed by atoms with Crippen molar-refractivity contribution in [2.75, 3.05) is 6.61 Å². The lowest BCUT2D eigenvalue weighted by Gasteiger charge is -2.01. The Morgan fingerprint density at radius 2 is 2.00 bits per heavy atom. The number of ether oxygens (including phenoxy) is 1. The lowest BCUT2D eigenvalue weighted by molar-refractivity contribution is -0.150. The Bertz CT molecular complexity index is 223. The zero-order chi connectivity index (χ0) is 10.3. The van der Waals surface area contributed by atoms with Crippen LogP contribution in [-0.4, -0.2) is 24.1 Å². The molecule has 5 heteroatoms. The molecule has 0 spiro atoms. The topological polar surface area (TPSA) is 81.8 Å². The fourth-order valence-corrected chi connectivity index (χ4v) is 0.788. The Balaban J connectivity index is 4.30. The van der Waals surface area contributed by atoms with Crippen LogP contribution in [0.1, 0.15) is 26.7 Å². The van der Waals surface area contributed by atoms with E-state index in [-0.39, 0.29) is 12.3 Å². The van der Waals surface area contributed by atoms with Crippen molar-refractivity contribution >= 4 is 17.5 Å². The molecule has 0 unspecified atom stereocenters. The van der Waals surface area contributed by atoms with Gasteiger partial charge in [-0.3, -0.25) is 4.79 Å². The van der Waals surface area contributed by atoms with Gasteiger partial charge in [0.05, 0.1) is 6.61 Å². The molecular formula is C8H14N2O3. The van der Waals surface area contributed by atoms with Gasteiger partial charge in [-0.15, -0.1) is 0 Å². The van der Waals surface area contributed by atoms with Crippen molar-refractivity contribution in [3.05, 3.63) is 0 Å². The second-order valence-corrected chi connectivity index (χ2v) is 2.38. The lowest BCUT2D eigenvalue weighted by atomic mass is 10.1. The van der Waals surface area contributed by atoms with Crippen LogP contribution in [0.15, 0.2) is 5.10 Å². The summed E-state index contributed by atoms with van der Waals surface area (Å²) in [6.45, 7) is 3.67. The van der Waals surface area contributed by atoms with Crippen LogP contribution in [0.3, 0.4) is 0 Å². The average Bonchev–Trinajstić information content (AvgIpc) is 2.13. The summed E-state index contributed by atoms with van der Waals surface area (Å²) >= 11 is 0. The Kier molecular flexibility index (Phi) is 5.50. The quantitative estimate of drug-likeness (QED) is 0.219. The van der Waals surface area contributed by atoms with Gasteiger partial charge < -0.3 is 10.6 Å². The van der Waals surface area contributed by atoms with Gasteiger partial charge in [0.2, 0.25) is 0 Å². The van der Waals surface area contributed by atoms with Crippen molar-refractivity contribution in [2.45, 2.75) is 26.7 Å². The molecule has 0 aliphatic rings. The number of esters is 1. The highest BCUT2D eigenvalue weighted by molar-refractivity contribution is 6.63. The Labute approximate surface area is 76.9 Å². The second kappa shape index (κ2) is 6.16. The van der Waals surface area contributed by atoms with E-state index in [1.807, 2.05) is 6.92 Å². The maximum Gasteiger partial charge on any atom is 0.381 e. The van der Waals surface area contributed by atoms with Gasteiger partial charge >= 0.3 is 5.97 Å². The third-order valence-electron chi connectivity index (χ3n) is 1.37.